The van der Waals surface area contributed by atoms with Crippen LogP contribution < -0.4 is 5.32 Å². The molecule has 0 saturated heterocycles. The third-order valence-corrected chi connectivity index (χ3v) is 2.94. The Hall–Kier alpha value is -2.83. The Bertz CT molecular complexity index is 677. The first kappa shape index (κ1) is 15.6. The number of carboxylic acids is 1. The molecule has 0 fully saturated rings. The van der Waals surface area contributed by atoms with Crippen molar-refractivity contribution >= 4 is 12.1 Å². The molecule has 1 aromatic heterocycles. The Morgan fingerprint density at radius 2 is 2.00 bits per heavy atom. The van der Waals surface area contributed by atoms with Crippen LogP contribution >= 0.6 is 0 Å². The standard InChI is InChI=1S/C15H17N3O4/c1-3-22-15(21)16-9-11-4-6-12(7-5-11)18-13(14(19)20)8-10(2)17-18/h4-8H,3,9H2,1-2H3,(H,16,21)(H,19,20). The second kappa shape index (κ2) is 6.75. The van der Waals surface area contributed by atoms with E-state index in [0.717, 1.165) is 5.56 Å². The van der Waals surface area contributed by atoms with Gasteiger partial charge in [-0.2, -0.15) is 5.10 Å². The van der Waals surface area contributed by atoms with E-state index in [4.69, 9.17) is 9.84 Å². The van der Waals surface area contributed by atoms with Crippen molar-refractivity contribution in [1.29, 1.82) is 0 Å². The Morgan fingerprint density at radius 3 is 2.59 bits per heavy atom. The number of carbonyl (C=O) groups excluding carboxylic acids is 1. The van der Waals surface area contributed by atoms with Crippen molar-refractivity contribution in [2.24, 2.45) is 0 Å². The topological polar surface area (TPSA) is 93.5 Å². The van der Waals surface area contributed by atoms with Crippen molar-refractivity contribution in [3.05, 3.63) is 47.3 Å². The maximum Gasteiger partial charge on any atom is 0.407 e. The quantitative estimate of drug-likeness (QED) is 0.882. The van der Waals surface area contributed by atoms with Gasteiger partial charge < -0.3 is 15.2 Å². The van der Waals surface area contributed by atoms with Crippen LogP contribution in [0.2, 0.25) is 0 Å². The zero-order valence-corrected chi connectivity index (χ0v) is 12.4. The minimum absolute atomic E-state index is 0.106. The molecule has 0 radical (unpaired) electrons. The number of carbonyl (C=O) groups is 2. The number of ether oxygens (including phenoxy) is 1. The zero-order chi connectivity index (χ0) is 16.1. The van der Waals surface area contributed by atoms with Gasteiger partial charge in [0.15, 0.2) is 5.69 Å². The number of aromatic nitrogens is 2. The molecule has 0 saturated carbocycles. The van der Waals surface area contributed by atoms with Crippen molar-refractivity contribution in [2.75, 3.05) is 6.61 Å². The summed E-state index contributed by atoms with van der Waals surface area (Å²) in [6.07, 6.45) is -0.470. The van der Waals surface area contributed by atoms with Gasteiger partial charge in [-0.1, -0.05) is 12.1 Å². The van der Waals surface area contributed by atoms with Crippen LogP contribution in [0.4, 0.5) is 4.79 Å². The molecule has 0 bridgehead atoms. The Kier molecular flexibility index (Phi) is 4.77. The van der Waals surface area contributed by atoms with E-state index in [9.17, 15) is 9.59 Å². The SMILES string of the molecule is CCOC(=O)NCc1ccc(-n2nc(C)cc2C(=O)O)cc1. The average Bonchev–Trinajstić information content (AvgIpc) is 2.88. The number of aryl methyl sites for hydroxylation is 1. The Morgan fingerprint density at radius 1 is 1.32 bits per heavy atom. The summed E-state index contributed by atoms with van der Waals surface area (Å²) < 4.78 is 6.15. The zero-order valence-electron chi connectivity index (χ0n) is 12.4. The molecule has 1 amide bonds. The highest BCUT2D eigenvalue weighted by Crippen LogP contribution is 2.14. The van der Waals surface area contributed by atoms with E-state index < -0.39 is 12.1 Å². The summed E-state index contributed by atoms with van der Waals surface area (Å²) in [5, 5.41) is 16.0. The Labute approximate surface area is 127 Å². The smallest absolute Gasteiger partial charge is 0.407 e. The van der Waals surface area contributed by atoms with Gasteiger partial charge in [0.05, 0.1) is 18.0 Å². The second-order valence-corrected chi connectivity index (χ2v) is 4.63. The summed E-state index contributed by atoms with van der Waals surface area (Å²) in [4.78, 5) is 22.4. The number of nitrogens with one attached hydrogen (secondary N) is 1. The fourth-order valence-corrected chi connectivity index (χ4v) is 1.96. The summed E-state index contributed by atoms with van der Waals surface area (Å²) in [6, 6.07) is 8.61. The lowest BCUT2D eigenvalue weighted by molar-refractivity contribution is 0.0687. The van der Waals surface area contributed by atoms with Crippen LogP contribution in [0, 0.1) is 6.92 Å². The van der Waals surface area contributed by atoms with Gasteiger partial charge in [-0.3, -0.25) is 0 Å². The lowest BCUT2D eigenvalue weighted by atomic mass is 10.2. The van der Waals surface area contributed by atoms with Crippen molar-refractivity contribution in [3.63, 3.8) is 0 Å². The first-order valence-corrected chi connectivity index (χ1v) is 6.81. The molecule has 2 aromatic rings. The summed E-state index contributed by atoms with van der Waals surface area (Å²) >= 11 is 0. The van der Waals surface area contributed by atoms with Crippen molar-refractivity contribution in [1.82, 2.24) is 15.1 Å². The normalized spacial score (nSPS) is 10.3. The summed E-state index contributed by atoms with van der Waals surface area (Å²) in [5.74, 6) is -1.03. The second-order valence-electron chi connectivity index (χ2n) is 4.63. The molecule has 7 heteroatoms. The van der Waals surface area contributed by atoms with Crippen LogP contribution in [-0.4, -0.2) is 33.6 Å². The molecule has 22 heavy (non-hydrogen) atoms. The number of rotatable bonds is 5. The fourth-order valence-electron chi connectivity index (χ4n) is 1.96. The maximum atomic E-state index is 11.2. The summed E-state index contributed by atoms with van der Waals surface area (Å²) in [7, 11) is 0. The molecule has 7 nitrogen and oxygen atoms in total. The predicted octanol–water partition coefficient (Wildman–Crippen LogP) is 2.13. The minimum atomic E-state index is -1.03. The van der Waals surface area contributed by atoms with Crippen molar-refractivity contribution in [2.45, 2.75) is 20.4 Å². The highest BCUT2D eigenvalue weighted by molar-refractivity contribution is 5.86. The fraction of sp³-hybridized carbons (Fsp3) is 0.267. The van der Waals surface area contributed by atoms with Crippen molar-refractivity contribution < 1.29 is 19.4 Å². The number of amides is 1. The lowest BCUT2D eigenvalue weighted by Crippen LogP contribution is -2.23. The number of benzene rings is 1. The molecule has 2 rings (SSSR count). The van der Waals surface area contributed by atoms with Gasteiger partial charge >= 0.3 is 12.1 Å². The first-order valence-electron chi connectivity index (χ1n) is 6.81. The molecule has 0 aliphatic rings. The number of alkyl carbamates (subject to hydrolysis) is 1. The maximum absolute atomic E-state index is 11.2. The van der Waals surface area contributed by atoms with Crippen molar-refractivity contribution in [3.8, 4) is 5.69 Å². The third kappa shape index (κ3) is 3.63. The highest BCUT2D eigenvalue weighted by Gasteiger charge is 2.13. The van der Waals surface area contributed by atoms with Gasteiger partial charge in [0.1, 0.15) is 0 Å². The Balaban J connectivity index is 2.12. The van der Waals surface area contributed by atoms with Gasteiger partial charge in [-0.15, -0.1) is 0 Å². The highest BCUT2D eigenvalue weighted by atomic mass is 16.5. The third-order valence-electron chi connectivity index (χ3n) is 2.94. The molecule has 0 aliphatic heterocycles. The molecule has 116 valence electrons. The first-order chi connectivity index (χ1) is 10.5. The van der Waals surface area contributed by atoms with Crippen LogP contribution in [0.5, 0.6) is 0 Å². The minimum Gasteiger partial charge on any atom is -0.477 e. The van der Waals surface area contributed by atoms with E-state index in [1.54, 1.807) is 38.1 Å². The van der Waals surface area contributed by atoms with E-state index in [0.29, 0.717) is 24.5 Å². The van der Waals surface area contributed by atoms with Gasteiger partial charge in [-0.05, 0) is 37.6 Å². The monoisotopic (exact) mass is 303 g/mol. The number of hydrogen-bond acceptors (Lipinski definition) is 4. The predicted molar refractivity (Wildman–Crippen MR) is 79.1 cm³/mol. The molecule has 0 aliphatic carbocycles. The molecular weight excluding hydrogens is 286 g/mol. The van der Waals surface area contributed by atoms with Gasteiger partial charge in [-0.25, -0.2) is 14.3 Å². The largest absolute Gasteiger partial charge is 0.477 e. The molecule has 2 N–H and O–H groups in total. The van der Waals surface area contributed by atoms with E-state index in [2.05, 4.69) is 10.4 Å². The van der Waals surface area contributed by atoms with Gasteiger partial charge in [0.25, 0.3) is 0 Å². The van der Waals surface area contributed by atoms with Gasteiger partial charge in [0, 0.05) is 6.54 Å². The molecule has 0 atom stereocenters. The molecule has 0 unspecified atom stereocenters. The van der Waals surface area contributed by atoms with Crippen LogP contribution in [0.3, 0.4) is 0 Å². The van der Waals surface area contributed by atoms with Gasteiger partial charge in [0.2, 0.25) is 0 Å². The average molecular weight is 303 g/mol. The van der Waals surface area contributed by atoms with E-state index >= 15 is 0 Å². The number of nitrogens with zero attached hydrogens (tertiary/aromatic N) is 2. The van der Waals surface area contributed by atoms with E-state index in [1.165, 1.54) is 10.7 Å². The van der Waals surface area contributed by atoms with Crippen LogP contribution in [0.15, 0.2) is 30.3 Å². The van der Waals surface area contributed by atoms with Crippen LogP contribution in [0.1, 0.15) is 28.7 Å². The van der Waals surface area contributed by atoms with Crippen LogP contribution in [-0.2, 0) is 11.3 Å². The molecule has 0 spiro atoms. The lowest BCUT2D eigenvalue weighted by Gasteiger charge is -2.07. The number of hydrogen-bond donors (Lipinski definition) is 2. The van der Waals surface area contributed by atoms with E-state index in [1.807, 2.05) is 0 Å². The van der Waals surface area contributed by atoms with Crippen LogP contribution in [0.25, 0.3) is 5.69 Å². The van der Waals surface area contributed by atoms with E-state index in [-0.39, 0.29) is 5.69 Å². The molecule has 1 heterocycles. The molecular formula is C15H17N3O4. The number of carboxylic acid groups (broad SMARTS) is 1. The molecule has 1 aromatic carbocycles. The summed E-state index contributed by atoms with van der Waals surface area (Å²) in [6.45, 7) is 4.13. The summed E-state index contributed by atoms with van der Waals surface area (Å²) in [5.41, 5.74) is 2.25. The number of aromatic carboxylic acids is 1.